The minimum Gasteiger partial charge on any atom is -0.345 e. The molecule has 0 heterocycles. The average Bonchev–Trinajstić information content (AvgIpc) is 2.38. The lowest BCUT2D eigenvalue weighted by atomic mass is 9.91. The summed E-state index contributed by atoms with van der Waals surface area (Å²) in [6.07, 6.45) is 0.544. The van der Waals surface area contributed by atoms with E-state index in [2.05, 4.69) is 39.8 Å². The Morgan fingerprint density at radius 2 is 1.90 bits per heavy atom. The van der Waals surface area contributed by atoms with Crippen LogP contribution in [0.25, 0.3) is 0 Å². The summed E-state index contributed by atoms with van der Waals surface area (Å²) in [5, 5.41) is 0. The molecule has 120 valence electrons. The summed E-state index contributed by atoms with van der Waals surface area (Å²) in [4.78, 5) is 14.1. The minimum absolute atomic E-state index is 0. The van der Waals surface area contributed by atoms with E-state index >= 15 is 0 Å². The van der Waals surface area contributed by atoms with Gasteiger partial charge in [0.15, 0.2) is 0 Å². The van der Waals surface area contributed by atoms with Crippen molar-refractivity contribution in [2.45, 2.75) is 40.0 Å². The van der Waals surface area contributed by atoms with Crippen molar-refractivity contribution in [1.82, 2.24) is 4.90 Å². The van der Waals surface area contributed by atoms with Gasteiger partial charge in [0.2, 0.25) is 5.91 Å². The maximum absolute atomic E-state index is 12.3. The van der Waals surface area contributed by atoms with Gasteiger partial charge in [0.1, 0.15) is 0 Å². The number of hydrogen-bond donors (Lipinski definition) is 1. The molecule has 0 aromatic heterocycles. The molecule has 0 radical (unpaired) electrons. The molecular formula is C17H29ClN2O. The number of nitrogens with two attached hydrogens (primary N) is 1. The number of carbonyl (C=O) groups is 1. The molecule has 4 heteroatoms. The Balaban J connectivity index is 0.00000400. The molecule has 1 rings (SSSR count). The molecule has 0 aliphatic heterocycles. The molecular weight excluding hydrogens is 284 g/mol. The largest absolute Gasteiger partial charge is 0.345 e. The van der Waals surface area contributed by atoms with Crippen LogP contribution in [0.4, 0.5) is 0 Å². The second-order valence-corrected chi connectivity index (χ2v) is 6.58. The Hall–Kier alpha value is -1.06. The van der Waals surface area contributed by atoms with Gasteiger partial charge in [0.25, 0.3) is 0 Å². The summed E-state index contributed by atoms with van der Waals surface area (Å²) in [6.45, 7) is 9.66. The van der Waals surface area contributed by atoms with E-state index in [1.807, 2.05) is 24.1 Å². The third kappa shape index (κ3) is 6.06. The van der Waals surface area contributed by atoms with Crippen LogP contribution in [0.5, 0.6) is 0 Å². The topological polar surface area (TPSA) is 46.3 Å². The molecule has 2 N–H and O–H groups in total. The van der Waals surface area contributed by atoms with Gasteiger partial charge in [-0.25, -0.2) is 0 Å². The molecule has 0 saturated heterocycles. The number of rotatable bonds is 6. The summed E-state index contributed by atoms with van der Waals surface area (Å²) < 4.78 is 0. The van der Waals surface area contributed by atoms with E-state index in [1.165, 1.54) is 11.1 Å². The second-order valence-electron chi connectivity index (χ2n) is 6.58. The molecule has 1 aromatic rings. The van der Waals surface area contributed by atoms with Crippen molar-refractivity contribution in [3.05, 3.63) is 35.4 Å². The van der Waals surface area contributed by atoms with Gasteiger partial charge in [0, 0.05) is 20.0 Å². The molecule has 1 atom stereocenters. The fraction of sp³-hybridized carbons (Fsp3) is 0.588. The lowest BCUT2D eigenvalue weighted by Gasteiger charge is -2.30. The highest BCUT2D eigenvalue weighted by Crippen LogP contribution is 2.23. The van der Waals surface area contributed by atoms with E-state index in [0.29, 0.717) is 19.5 Å². The van der Waals surface area contributed by atoms with Crippen molar-refractivity contribution in [3.8, 4) is 0 Å². The number of carbonyl (C=O) groups excluding carboxylic acids is 1. The highest BCUT2D eigenvalue weighted by molar-refractivity contribution is 5.85. The fourth-order valence-electron chi connectivity index (χ4n) is 2.46. The van der Waals surface area contributed by atoms with Crippen LogP contribution in [0.2, 0.25) is 0 Å². The van der Waals surface area contributed by atoms with E-state index < -0.39 is 0 Å². The van der Waals surface area contributed by atoms with E-state index in [-0.39, 0.29) is 29.6 Å². The van der Waals surface area contributed by atoms with Crippen LogP contribution in [0.15, 0.2) is 24.3 Å². The molecule has 1 aromatic carbocycles. The van der Waals surface area contributed by atoms with Gasteiger partial charge < -0.3 is 10.6 Å². The van der Waals surface area contributed by atoms with E-state index in [1.54, 1.807) is 0 Å². The van der Waals surface area contributed by atoms with Gasteiger partial charge in [-0.2, -0.15) is 0 Å². The van der Waals surface area contributed by atoms with Gasteiger partial charge in [-0.05, 0) is 35.9 Å². The Kier molecular flexibility index (Phi) is 7.98. The highest BCUT2D eigenvalue weighted by atomic mass is 35.5. The van der Waals surface area contributed by atoms with Crippen LogP contribution in [0, 0.1) is 12.3 Å². The zero-order valence-corrected chi connectivity index (χ0v) is 14.7. The Labute approximate surface area is 135 Å². The number of amides is 1. The normalized spacial score (nSPS) is 12.5. The lowest BCUT2D eigenvalue weighted by Crippen LogP contribution is -2.40. The maximum atomic E-state index is 12.3. The van der Waals surface area contributed by atoms with E-state index in [4.69, 9.17) is 5.73 Å². The predicted molar refractivity (Wildman–Crippen MR) is 91.9 cm³/mol. The van der Waals surface area contributed by atoms with Crippen molar-refractivity contribution in [1.29, 1.82) is 0 Å². The quantitative estimate of drug-likeness (QED) is 0.875. The average molecular weight is 313 g/mol. The third-order valence-electron chi connectivity index (χ3n) is 3.84. The summed E-state index contributed by atoms with van der Waals surface area (Å²) in [5.41, 5.74) is 8.20. The third-order valence-corrected chi connectivity index (χ3v) is 3.84. The molecule has 0 aliphatic rings. The van der Waals surface area contributed by atoms with Crippen LogP contribution >= 0.6 is 12.4 Å². The van der Waals surface area contributed by atoms with Crippen molar-refractivity contribution in [2.24, 2.45) is 11.1 Å². The first-order valence-electron chi connectivity index (χ1n) is 7.26. The van der Waals surface area contributed by atoms with Crippen LogP contribution in [-0.2, 0) is 4.79 Å². The number of hydrogen-bond acceptors (Lipinski definition) is 2. The molecule has 1 amide bonds. The van der Waals surface area contributed by atoms with Crippen molar-refractivity contribution >= 4 is 18.3 Å². The Bertz CT molecular complexity index is 460. The van der Waals surface area contributed by atoms with Crippen LogP contribution in [0.1, 0.15) is 44.2 Å². The summed E-state index contributed by atoms with van der Waals surface area (Å²) in [7, 11) is 1.87. The molecule has 3 nitrogen and oxygen atoms in total. The van der Waals surface area contributed by atoms with Crippen molar-refractivity contribution in [2.75, 3.05) is 20.1 Å². The number of aryl methyl sites for hydroxylation is 1. The van der Waals surface area contributed by atoms with Crippen LogP contribution in [0.3, 0.4) is 0 Å². The van der Waals surface area contributed by atoms with Gasteiger partial charge in [-0.15, -0.1) is 12.4 Å². The van der Waals surface area contributed by atoms with Crippen LogP contribution < -0.4 is 5.73 Å². The fourth-order valence-corrected chi connectivity index (χ4v) is 2.46. The van der Waals surface area contributed by atoms with Crippen molar-refractivity contribution < 1.29 is 4.79 Å². The number of halogens is 1. The zero-order valence-electron chi connectivity index (χ0n) is 13.8. The minimum atomic E-state index is -0.0314. The predicted octanol–water partition coefficient (Wildman–Crippen LogP) is 3.35. The summed E-state index contributed by atoms with van der Waals surface area (Å²) >= 11 is 0. The lowest BCUT2D eigenvalue weighted by molar-refractivity contribution is -0.131. The SMILES string of the molecule is Cc1ccccc1C(C)CC(=O)N(C)CC(C)(C)CN.Cl. The second kappa shape index (κ2) is 8.40. The van der Waals surface area contributed by atoms with Gasteiger partial charge in [-0.1, -0.05) is 45.0 Å². The first kappa shape index (κ1) is 19.9. The first-order chi connectivity index (χ1) is 9.26. The van der Waals surface area contributed by atoms with Gasteiger partial charge >= 0.3 is 0 Å². The smallest absolute Gasteiger partial charge is 0.222 e. The maximum Gasteiger partial charge on any atom is 0.222 e. The zero-order chi connectivity index (χ0) is 15.3. The molecule has 0 bridgehead atoms. The van der Waals surface area contributed by atoms with Gasteiger partial charge in [-0.3, -0.25) is 4.79 Å². The molecule has 0 spiro atoms. The molecule has 0 aliphatic carbocycles. The van der Waals surface area contributed by atoms with Crippen LogP contribution in [-0.4, -0.2) is 30.9 Å². The van der Waals surface area contributed by atoms with Crippen molar-refractivity contribution in [3.63, 3.8) is 0 Å². The highest BCUT2D eigenvalue weighted by Gasteiger charge is 2.22. The van der Waals surface area contributed by atoms with E-state index in [9.17, 15) is 4.79 Å². The number of nitrogens with zero attached hydrogens (tertiary/aromatic N) is 1. The summed E-state index contributed by atoms with van der Waals surface area (Å²) in [6, 6.07) is 8.27. The first-order valence-corrected chi connectivity index (χ1v) is 7.26. The van der Waals surface area contributed by atoms with E-state index in [0.717, 1.165) is 0 Å². The number of benzene rings is 1. The standard InChI is InChI=1S/C17H28N2O.ClH/c1-13-8-6-7-9-15(13)14(2)10-16(20)19(5)12-17(3,4)11-18;/h6-9,14H,10-12,18H2,1-5H3;1H. The summed E-state index contributed by atoms with van der Waals surface area (Å²) in [5.74, 6) is 0.425. The Morgan fingerprint density at radius 1 is 1.33 bits per heavy atom. The molecule has 1 unspecified atom stereocenters. The molecule has 21 heavy (non-hydrogen) atoms. The molecule has 0 saturated carbocycles. The monoisotopic (exact) mass is 312 g/mol. The molecule has 0 fully saturated rings. The Morgan fingerprint density at radius 3 is 2.43 bits per heavy atom. The van der Waals surface area contributed by atoms with Gasteiger partial charge in [0.05, 0.1) is 0 Å².